The number of hydrogen-bond donors (Lipinski definition) is 0. The van der Waals surface area contributed by atoms with Gasteiger partial charge in [-0.2, -0.15) is 0 Å². The van der Waals surface area contributed by atoms with Gasteiger partial charge in [-0.25, -0.2) is 4.39 Å². The van der Waals surface area contributed by atoms with Crippen molar-refractivity contribution in [3.63, 3.8) is 0 Å². The van der Waals surface area contributed by atoms with Crippen molar-refractivity contribution in [2.24, 2.45) is 0 Å². The summed E-state index contributed by atoms with van der Waals surface area (Å²) in [5.41, 5.74) is 0.479. The van der Waals surface area contributed by atoms with Gasteiger partial charge < -0.3 is 4.90 Å². The molecule has 0 atom stereocenters. The molecule has 0 spiro atoms. The molecular weight excluding hydrogens is 285 g/mol. The van der Waals surface area contributed by atoms with Gasteiger partial charge in [0.05, 0.1) is 5.56 Å². The third-order valence-corrected chi connectivity index (χ3v) is 3.07. The highest BCUT2D eigenvalue weighted by Crippen LogP contribution is 2.19. The van der Waals surface area contributed by atoms with E-state index in [0.717, 1.165) is 12.8 Å². The molecule has 0 aromatic heterocycles. The Bertz CT molecular complexity index is 420. The quantitative estimate of drug-likeness (QED) is 0.600. The molecule has 0 fully saturated rings. The number of unbranched alkanes of at least 4 members (excludes halogenated alkanes) is 1. The second kappa shape index (κ2) is 6.55. The lowest BCUT2D eigenvalue weighted by Gasteiger charge is -2.17. The van der Waals surface area contributed by atoms with Crippen molar-refractivity contribution < 1.29 is 9.18 Å². The number of nitrogens with zero attached hydrogens (tertiary/aromatic N) is 1. The van der Waals surface area contributed by atoms with Crippen LogP contribution in [0.3, 0.4) is 0 Å². The Morgan fingerprint density at radius 1 is 1.59 bits per heavy atom. The minimum atomic E-state index is -0.359. The van der Waals surface area contributed by atoms with Crippen molar-refractivity contribution in [2.75, 3.05) is 13.6 Å². The first kappa shape index (κ1) is 13.9. The molecule has 0 unspecified atom stereocenters. The number of amides is 1. The van der Waals surface area contributed by atoms with Crippen molar-refractivity contribution in [2.45, 2.75) is 12.8 Å². The highest BCUT2D eigenvalue weighted by molar-refractivity contribution is 9.10. The molecule has 2 nitrogen and oxygen atoms in total. The monoisotopic (exact) mass is 299 g/mol. The number of carbonyl (C=O) groups is 1. The predicted octanol–water partition coefficient (Wildman–Crippen LogP) is 3.63. The van der Waals surface area contributed by atoms with E-state index < -0.39 is 0 Å². The Labute approximate surface area is 109 Å². The minimum absolute atomic E-state index is 0.110. The van der Waals surface area contributed by atoms with Crippen LogP contribution in [0.25, 0.3) is 0 Å². The summed E-state index contributed by atoms with van der Waals surface area (Å²) in [6.45, 7) is 4.29. The second-order valence-corrected chi connectivity index (χ2v) is 4.64. The molecule has 1 aromatic rings. The van der Waals surface area contributed by atoms with Gasteiger partial charge in [0.2, 0.25) is 0 Å². The number of allylic oxidation sites excluding steroid dienone is 1. The maximum atomic E-state index is 12.9. The lowest BCUT2D eigenvalue weighted by molar-refractivity contribution is 0.0793. The summed E-state index contributed by atoms with van der Waals surface area (Å²) in [5, 5.41) is 0. The first-order valence-corrected chi connectivity index (χ1v) is 6.17. The molecule has 92 valence electrons. The maximum Gasteiger partial charge on any atom is 0.254 e. The lowest BCUT2D eigenvalue weighted by Crippen LogP contribution is -2.28. The average molecular weight is 300 g/mol. The SMILES string of the molecule is C=CCCCN(C)C(=O)c1ccc(F)cc1Br. The van der Waals surface area contributed by atoms with E-state index >= 15 is 0 Å². The van der Waals surface area contributed by atoms with Gasteiger partial charge in [0, 0.05) is 18.1 Å². The number of carbonyl (C=O) groups excluding carboxylic acids is 1. The van der Waals surface area contributed by atoms with Crippen LogP contribution >= 0.6 is 15.9 Å². The highest BCUT2D eigenvalue weighted by Gasteiger charge is 2.14. The van der Waals surface area contributed by atoms with Gasteiger partial charge in [-0.05, 0) is 47.0 Å². The second-order valence-electron chi connectivity index (χ2n) is 3.78. The smallest absolute Gasteiger partial charge is 0.254 e. The molecule has 0 saturated carbocycles. The van der Waals surface area contributed by atoms with E-state index in [-0.39, 0.29) is 11.7 Å². The Morgan fingerprint density at radius 2 is 2.29 bits per heavy atom. The van der Waals surface area contributed by atoms with Crippen LogP contribution in [0.4, 0.5) is 4.39 Å². The Hall–Kier alpha value is -1.16. The van der Waals surface area contributed by atoms with E-state index in [0.29, 0.717) is 16.6 Å². The number of halogens is 2. The molecule has 0 N–H and O–H groups in total. The number of hydrogen-bond acceptors (Lipinski definition) is 1. The summed E-state index contributed by atoms with van der Waals surface area (Å²) in [4.78, 5) is 13.6. The Kier molecular flexibility index (Phi) is 5.35. The van der Waals surface area contributed by atoms with Gasteiger partial charge in [-0.1, -0.05) is 6.08 Å². The fourth-order valence-electron chi connectivity index (χ4n) is 1.44. The summed E-state index contributed by atoms with van der Waals surface area (Å²) in [7, 11) is 1.74. The molecule has 0 heterocycles. The van der Waals surface area contributed by atoms with Gasteiger partial charge >= 0.3 is 0 Å². The van der Waals surface area contributed by atoms with E-state index in [9.17, 15) is 9.18 Å². The van der Waals surface area contributed by atoms with Crippen LogP contribution in [0, 0.1) is 5.82 Å². The van der Waals surface area contributed by atoms with Crippen molar-refractivity contribution in [1.29, 1.82) is 0 Å². The van der Waals surface area contributed by atoms with Gasteiger partial charge in [0.1, 0.15) is 5.82 Å². The standard InChI is InChI=1S/C13H15BrFNO/c1-3-4-5-8-16(2)13(17)11-7-6-10(15)9-12(11)14/h3,6-7,9H,1,4-5,8H2,2H3. The fourth-order valence-corrected chi connectivity index (χ4v) is 1.96. The van der Waals surface area contributed by atoms with E-state index in [2.05, 4.69) is 22.5 Å². The zero-order chi connectivity index (χ0) is 12.8. The maximum absolute atomic E-state index is 12.9. The van der Waals surface area contributed by atoms with Gasteiger partial charge in [0.25, 0.3) is 5.91 Å². The summed E-state index contributed by atoms with van der Waals surface area (Å²) in [6.07, 6.45) is 3.58. The van der Waals surface area contributed by atoms with Gasteiger partial charge in [0.15, 0.2) is 0 Å². The van der Waals surface area contributed by atoms with Gasteiger partial charge in [-0.3, -0.25) is 4.79 Å². The molecule has 4 heteroatoms. The topological polar surface area (TPSA) is 20.3 Å². The fraction of sp³-hybridized carbons (Fsp3) is 0.308. The van der Waals surface area contributed by atoms with Crippen LogP contribution in [-0.2, 0) is 0 Å². The molecule has 1 rings (SSSR count). The molecule has 0 aliphatic rings. The molecule has 0 bridgehead atoms. The number of rotatable bonds is 5. The van der Waals surface area contributed by atoms with Crippen LogP contribution in [0.5, 0.6) is 0 Å². The zero-order valence-corrected chi connectivity index (χ0v) is 11.3. The van der Waals surface area contributed by atoms with E-state index in [1.165, 1.54) is 18.2 Å². The molecule has 17 heavy (non-hydrogen) atoms. The predicted molar refractivity (Wildman–Crippen MR) is 70.5 cm³/mol. The van der Waals surface area contributed by atoms with Crippen LogP contribution in [0.2, 0.25) is 0 Å². The van der Waals surface area contributed by atoms with E-state index in [1.807, 2.05) is 6.08 Å². The van der Waals surface area contributed by atoms with E-state index in [1.54, 1.807) is 11.9 Å². The van der Waals surface area contributed by atoms with Crippen LogP contribution in [-0.4, -0.2) is 24.4 Å². The normalized spacial score (nSPS) is 10.1. The molecule has 0 radical (unpaired) electrons. The van der Waals surface area contributed by atoms with Crippen LogP contribution < -0.4 is 0 Å². The molecule has 1 aromatic carbocycles. The van der Waals surface area contributed by atoms with Crippen molar-refractivity contribution in [3.05, 3.63) is 46.7 Å². The minimum Gasteiger partial charge on any atom is -0.342 e. The molecule has 1 amide bonds. The molecule has 0 saturated heterocycles. The summed E-state index contributed by atoms with van der Waals surface area (Å²) in [6, 6.07) is 4.08. The largest absolute Gasteiger partial charge is 0.342 e. The van der Waals surface area contributed by atoms with Crippen molar-refractivity contribution in [3.8, 4) is 0 Å². The summed E-state index contributed by atoms with van der Waals surface area (Å²) in [5.74, 6) is -0.469. The van der Waals surface area contributed by atoms with E-state index in [4.69, 9.17) is 0 Å². The third kappa shape index (κ3) is 3.97. The molecular formula is C13H15BrFNO. The third-order valence-electron chi connectivity index (χ3n) is 2.41. The summed E-state index contributed by atoms with van der Waals surface area (Å²) < 4.78 is 13.4. The molecule has 0 aliphatic heterocycles. The lowest BCUT2D eigenvalue weighted by atomic mass is 10.2. The highest BCUT2D eigenvalue weighted by atomic mass is 79.9. The van der Waals surface area contributed by atoms with Gasteiger partial charge in [-0.15, -0.1) is 6.58 Å². The Balaban J connectivity index is 2.71. The first-order valence-electron chi connectivity index (χ1n) is 5.37. The van der Waals surface area contributed by atoms with Crippen LogP contribution in [0.1, 0.15) is 23.2 Å². The summed E-state index contributed by atoms with van der Waals surface area (Å²) >= 11 is 3.19. The van der Waals surface area contributed by atoms with Crippen molar-refractivity contribution in [1.82, 2.24) is 4.90 Å². The first-order chi connectivity index (χ1) is 8.06. The Morgan fingerprint density at radius 3 is 2.88 bits per heavy atom. The molecule has 0 aliphatic carbocycles. The zero-order valence-electron chi connectivity index (χ0n) is 9.75. The van der Waals surface area contributed by atoms with Crippen LogP contribution in [0.15, 0.2) is 35.3 Å². The average Bonchev–Trinajstić information content (AvgIpc) is 2.28. The number of benzene rings is 1. The van der Waals surface area contributed by atoms with Crippen molar-refractivity contribution >= 4 is 21.8 Å².